The van der Waals surface area contributed by atoms with E-state index in [1.54, 1.807) is 45.0 Å². The summed E-state index contributed by atoms with van der Waals surface area (Å²) in [6.07, 6.45) is -0.527. The number of hydrogen-bond donors (Lipinski definition) is 2. The van der Waals surface area contributed by atoms with E-state index in [2.05, 4.69) is 10.6 Å². The molecule has 0 aliphatic carbocycles. The van der Waals surface area contributed by atoms with Crippen molar-refractivity contribution >= 4 is 33.8 Å². The van der Waals surface area contributed by atoms with E-state index in [1.807, 2.05) is 0 Å². The average molecular weight is 397 g/mol. The summed E-state index contributed by atoms with van der Waals surface area (Å²) < 4.78 is 49.7. The fourth-order valence-electron chi connectivity index (χ4n) is 2.25. The fraction of sp³-hybridized carbons (Fsp3) is 0.562. The summed E-state index contributed by atoms with van der Waals surface area (Å²) in [7, 11) is -3.29. The minimum Gasteiger partial charge on any atom is -0.325 e. The molecule has 2 rings (SSSR count). The lowest BCUT2D eigenvalue weighted by atomic mass is 10.1. The Kier molecular flexibility index (Phi) is 6.58. The lowest BCUT2D eigenvalue weighted by Crippen LogP contribution is -2.35. The monoisotopic (exact) mass is 396 g/mol. The molecule has 0 aromatic heterocycles. The van der Waals surface area contributed by atoms with E-state index >= 15 is 0 Å². The SMILES string of the molecule is CC(C)(C)S(=O)(=O)Cc1ccc(NC(=O)C2CC(F)(F)CN2)cc1.Cl. The second kappa shape index (κ2) is 7.55. The zero-order chi connectivity index (χ0) is 18.2. The lowest BCUT2D eigenvalue weighted by molar-refractivity contribution is -0.118. The van der Waals surface area contributed by atoms with Crippen LogP contribution in [-0.4, -0.2) is 37.6 Å². The van der Waals surface area contributed by atoms with Gasteiger partial charge in [0.05, 0.1) is 23.1 Å². The molecule has 1 fully saturated rings. The van der Waals surface area contributed by atoms with Crippen LogP contribution >= 0.6 is 12.4 Å². The highest BCUT2D eigenvalue weighted by Gasteiger charge is 2.42. The highest BCUT2D eigenvalue weighted by molar-refractivity contribution is 7.91. The highest BCUT2D eigenvalue weighted by Crippen LogP contribution is 2.26. The topological polar surface area (TPSA) is 75.3 Å². The van der Waals surface area contributed by atoms with Crippen LogP contribution in [-0.2, 0) is 20.4 Å². The van der Waals surface area contributed by atoms with Crippen LogP contribution in [0.15, 0.2) is 24.3 Å². The first-order valence-electron chi connectivity index (χ1n) is 7.63. The van der Waals surface area contributed by atoms with Crippen LogP contribution < -0.4 is 10.6 Å². The summed E-state index contributed by atoms with van der Waals surface area (Å²) in [6.45, 7) is 4.42. The van der Waals surface area contributed by atoms with Gasteiger partial charge in [-0.15, -0.1) is 12.4 Å². The zero-order valence-electron chi connectivity index (χ0n) is 14.3. The smallest absolute Gasteiger partial charge is 0.262 e. The summed E-state index contributed by atoms with van der Waals surface area (Å²) in [5.41, 5.74) is 1.04. The molecular weight excluding hydrogens is 374 g/mol. The molecule has 0 radical (unpaired) electrons. The van der Waals surface area contributed by atoms with Gasteiger partial charge in [-0.2, -0.15) is 0 Å². The predicted octanol–water partition coefficient (Wildman–Crippen LogP) is 2.76. The molecule has 1 atom stereocenters. The molecule has 0 spiro atoms. The highest BCUT2D eigenvalue weighted by atomic mass is 35.5. The average Bonchev–Trinajstić information content (AvgIpc) is 2.80. The Morgan fingerprint density at radius 2 is 1.84 bits per heavy atom. The second-order valence-corrected chi connectivity index (χ2v) is 9.79. The molecule has 9 heteroatoms. The summed E-state index contributed by atoms with van der Waals surface area (Å²) >= 11 is 0. The van der Waals surface area contributed by atoms with Gasteiger partial charge >= 0.3 is 0 Å². The van der Waals surface area contributed by atoms with Gasteiger partial charge in [0.2, 0.25) is 5.91 Å². The summed E-state index contributed by atoms with van der Waals surface area (Å²) in [5, 5.41) is 5.04. The standard InChI is InChI=1S/C16H22F2N2O3S.ClH/c1-15(2,3)24(22,23)9-11-4-6-12(7-5-11)20-14(21)13-8-16(17,18)10-19-13;/h4-7,13,19H,8-10H2,1-3H3,(H,20,21);1H. The molecule has 5 nitrogen and oxygen atoms in total. The Hall–Kier alpha value is -1.25. The Bertz CT molecular complexity index is 716. The van der Waals surface area contributed by atoms with Crippen LogP contribution in [0.5, 0.6) is 0 Å². The summed E-state index contributed by atoms with van der Waals surface area (Å²) in [6, 6.07) is 5.42. The van der Waals surface area contributed by atoms with Crippen molar-refractivity contribution in [3.05, 3.63) is 29.8 Å². The van der Waals surface area contributed by atoms with E-state index in [1.165, 1.54) is 0 Å². The van der Waals surface area contributed by atoms with Crippen LogP contribution in [0.4, 0.5) is 14.5 Å². The van der Waals surface area contributed by atoms with Gasteiger partial charge in [-0.3, -0.25) is 10.1 Å². The van der Waals surface area contributed by atoms with Crippen molar-refractivity contribution < 1.29 is 22.0 Å². The molecule has 25 heavy (non-hydrogen) atoms. The third kappa shape index (κ3) is 5.62. The molecule has 1 saturated heterocycles. The molecule has 1 aromatic carbocycles. The first-order valence-corrected chi connectivity index (χ1v) is 9.28. The molecule has 1 aromatic rings. The van der Waals surface area contributed by atoms with Crippen LogP contribution in [0.2, 0.25) is 0 Å². The normalized spacial score (nSPS) is 20.0. The van der Waals surface area contributed by atoms with E-state index in [4.69, 9.17) is 0 Å². The van der Waals surface area contributed by atoms with E-state index < -0.39 is 45.4 Å². The van der Waals surface area contributed by atoms with Crippen molar-refractivity contribution in [1.82, 2.24) is 5.32 Å². The number of benzene rings is 1. The van der Waals surface area contributed by atoms with Gasteiger partial charge in [0.15, 0.2) is 9.84 Å². The Balaban J connectivity index is 0.00000312. The molecule has 0 saturated carbocycles. The largest absolute Gasteiger partial charge is 0.325 e. The third-order valence-corrected chi connectivity index (χ3v) is 6.52. The van der Waals surface area contributed by atoms with E-state index in [0.29, 0.717) is 11.3 Å². The molecule has 1 unspecified atom stereocenters. The number of anilines is 1. The lowest BCUT2D eigenvalue weighted by Gasteiger charge is -2.19. The van der Waals surface area contributed by atoms with Gasteiger partial charge in [0.1, 0.15) is 0 Å². The first kappa shape index (κ1) is 21.8. The second-order valence-electron chi connectivity index (χ2n) is 7.05. The maximum Gasteiger partial charge on any atom is 0.262 e. The predicted molar refractivity (Wildman–Crippen MR) is 96.1 cm³/mol. The fourth-order valence-corrected chi connectivity index (χ4v) is 3.31. The van der Waals surface area contributed by atoms with Crippen LogP contribution in [0.1, 0.15) is 32.8 Å². The van der Waals surface area contributed by atoms with Gasteiger partial charge in [-0.25, -0.2) is 17.2 Å². The van der Waals surface area contributed by atoms with Crippen molar-refractivity contribution in [1.29, 1.82) is 0 Å². The van der Waals surface area contributed by atoms with Crippen molar-refractivity contribution in [2.24, 2.45) is 0 Å². The molecule has 1 amide bonds. The molecule has 1 heterocycles. The molecule has 0 bridgehead atoms. The first-order chi connectivity index (χ1) is 10.9. The van der Waals surface area contributed by atoms with E-state index in [0.717, 1.165) is 0 Å². The van der Waals surface area contributed by atoms with Crippen LogP contribution in [0.25, 0.3) is 0 Å². The van der Waals surface area contributed by atoms with Gasteiger partial charge < -0.3 is 5.32 Å². The molecule has 1 aliphatic heterocycles. The van der Waals surface area contributed by atoms with Gasteiger partial charge in [-0.05, 0) is 38.5 Å². The van der Waals surface area contributed by atoms with E-state index in [9.17, 15) is 22.0 Å². The van der Waals surface area contributed by atoms with Crippen molar-refractivity contribution in [2.45, 2.75) is 49.7 Å². The molecular formula is C16H23ClF2N2O3S. The summed E-state index contributed by atoms with van der Waals surface area (Å²) in [4.78, 5) is 11.9. The number of nitrogens with one attached hydrogen (secondary N) is 2. The van der Waals surface area contributed by atoms with Gasteiger partial charge in [0.25, 0.3) is 5.92 Å². The number of halogens is 3. The quantitative estimate of drug-likeness (QED) is 0.820. The van der Waals surface area contributed by atoms with Crippen molar-refractivity contribution in [3.63, 3.8) is 0 Å². The van der Waals surface area contributed by atoms with Crippen LogP contribution in [0, 0.1) is 0 Å². The Morgan fingerprint density at radius 3 is 2.28 bits per heavy atom. The number of amides is 1. The maximum atomic E-state index is 13.1. The molecule has 142 valence electrons. The van der Waals surface area contributed by atoms with Gasteiger partial charge in [-0.1, -0.05) is 12.1 Å². The zero-order valence-corrected chi connectivity index (χ0v) is 15.9. The number of hydrogen-bond acceptors (Lipinski definition) is 4. The third-order valence-electron chi connectivity index (χ3n) is 3.94. The van der Waals surface area contributed by atoms with E-state index in [-0.39, 0.29) is 18.2 Å². The van der Waals surface area contributed by atoms with Crippen LogP contribution in [0.3, 0.4) is 0 Å². The Morgan fingerprint density at radius 1 is 1.28 bits per heavy atom. The van der Waals surface area contributed by atoms with Gasteiger partial charge in [0, 0.05) is 12.1 Å². The number of carbonyl (C=O) groups is 1. The minimum atomic E-state index is -3.29. The summed E-state index contributed by atoms with van der Waals surface area (Å²) in [5.74, 6) is -3.49. The molecule has 2 N–H and O–H groups in total. The maximum absolute atomic E-state index is 13.1. The molecule has 1 aliphatic rings. The number of sulfone groups is 1. The van der Waals surface area contributed by atoms with Crippen molar-refractivity contribution in [3.8, 4) is 0 Å². The van der Waals surface area contributed by atoms with Crippen molar-refractivity contribution in [2.75, 3.05) is 11.9 Å². The number of rotatable bonds is 4. The Labute approximate surface area is 152 Å². The number of alkyl halides is 2. The number of carbonyl (C=O) groups excluding carboxylic acids is 1. The minimum absolute atomic E-state index is 0.